The first kappa shape index (κ1) is 19.2. The van der Waals surface area contributed by atoms with Crippen molar-refractivity contribution >= 4 is 23.1 Å². The number of alkyl halides is 3. The molecule has 144 valence electrons. The van der Waals surface area contributed by atoms with Gasteiger partial charge in [0.25, 0.3) is 5.91 Å². The molecular formula is C20H16F3N3O2. The summed E-state index contributed by atoms with van der Waals surface area (Å²) in [6, 6.07) is 14.6. The van der Waals surface area contributed by atoms with Gasteiger partial charge in [0, 0.05) is 17.4 Å². The van der Waals surface area contributed by atoms with E-state index >= 15 is 0 Å². The number of amides is 1. The fraction of sp³-hybridized carbons (Fsp3) is 0.100. The second kappa shape index (κ2) is 7.99. The molecule has 0 saturated carbocycles. The number of ether oxygens (including phenoxy) is 1. The van der Waals surface area contributed by atoms with E-state index in [0.29, 0.717) is 28.5 Å². The topological polar surface area (TPSA) is 63.2 Å². The molecule has 0 aliphatic heterocycles. The second-order valence-corrected chi connectivity index (χ2v) is 5.78. The molecule has 2 aromatic carbocycles. The lowest BCUT2D eigenvalue weighted by molar-refractivity contribution is -0.137. The number of aromatic nitrogens is 1. The number of hydrogen-bond donors (Lipinski definition) is 2. The summed E-state index contributed by atoms with van der Waals surface area (Å²) in [6.07, 6.45) is -2.96. The molecule has 1 aromatic heterocycles. The SMILES string of the molecule is COc1ccccc1NC(=O)c1ccnc(Nc2ccc(C(F)(F)F)cc2)c1. The summed E-state index contributed by atoms with van der Waals surface area (Å²) in [5.74, 6) is 0.475. The normalized spacial score (nSPS) is 11.0. The minimum atomic E-state index is -4.40. The van der Waals surface area contributed by atoms with Crippen LogP contribution in [0.4, 0.5) is 30.4 Å². The molecule has 3 rings (SSSR count). The molecule has 0 fully saturated rings. The van der Waals surface area contributed by atoms with Crippen LogP contribution in [0, 0.1) is 0 Å². The van der Waals surface area contributed by atoms with Gasteiger partial charge >= 0.3 is 6.18 Å². The first-order valence-corrected chi connectivity index (χ1v) is 8.21. The molecule has 0 aliphatic carbocycles. The van der Waals surface area contributed by atoms with Gasteiger partial charge in [0.1, 0.15) is 11.6 Å². The number of anilines is 3. The van der Waals surface area contributed by atoms with Gasteiger partial charge in [-0.15, -0.1) is 0 Å². The van der Waals surface area contributed by atoms with Gasteiger partial charge in [-0.2, -0.15) is 13.2 Å². The summed E-state index contributed by atoms with van der Waals surface area (Å²) in [5, 5.41) is 5.63. The number of methoxy groups -OCH3 is 1. The maximum Gasteiger partial charge on any atom is 0.416 e. The van der Waals surface area contributed by atoms with Crippen molar-refractivity contribution in [2.75, 3.05) is 17.7 Å². The van der Waals surface area contributed by atoms with Crippen molar-refractivity contribution in [3.63, 3.8) is 0 Å². The molecule has 0 saturated heterocycles. The molecule has 0 atom stereocenters. The van der Waals surface area contributed by atoms with Crippen molar-refractivity contribution < 1.29 is 22.7 Å². The Kier molecular flexibility index (Phi) is 5.49. The number of halogens is 3. The molecule has 0 spiro atoms. The highest BCUT2D eigenvalue weighted by Crippen LogP contribution is 2.30. The highest BCUT2D eigenvalue weighted by atomic mass is 19.4. The number of carbonyl (C=O) groups is 1. The quantitative estimate of drug-likeness (QED) is 0.639. The minimum absolute atomic E-state index is 0.326. The van der Waals surface area contributed by atoms with Gasteiger partial charge in [-0.05, 0) is 48.5 Å². The van der Waals surface area contributed by atoms with Crippen LogP contribution in [-0.4, -0.2) is 18.0 Å². The van der Waals surface area contributed by atoms with Crippen LogP contribution in [0.15, 0.2) is 66.9 Å². The summed E-state index contributed by atoms with van der Waals surface area (Å²) >= 11 is 0. The molecule has 28 heavy (non-hydrogen) atoms. The third kappa shape index (κ3) is 4.59. The number of nitrogens with zero attached hydrogens (tertiary/aromatic N) is 1. The molecule has 3 aromatic rings. The molecule has 0 aliphatic rings. The van der Waals surface area contributed by atoms with Gasteiger partial charge in [0.2, 0.25) is 0 Å². The average Bonchev–Trinajstić information content (AvgIpc) is 2.68. The Morgan fingerprint density at radius 3 is 2.43 bits per heavy atom. The van der Waals surface area contributed by atoms with Gasteiger partial charge in [-0.1, -0.05) is 12.1 Å². The van der Waals surface area contributed by atoms with E-state index in [1.54, 1.807) is 24.3 Å². The van der Waals surface area contributed by atoms with Crippen molar-refractivity contribution in [1.29, 1.82) is 0 Å². The third-order valence-electron chi connectivity index (χ3n) is 3.86. The standard InChI is InChI=1S/C20H16F3N3O2/c1-28-17-5-3-2-4-16(17)26-19(27)13-10-11-24-18(12-13)25-15-8-6-14(7-9-15)20(21,22)23/h2-12H,1H3,(H,24,25)(H,26,27). The summed E-state index contributed by atoms with van der Waals surface area (Å²) in [7, 11) is 1.50. The van der Waals surface area contributed by atoms with E-state index in [4.69, 9.17) is 4.74 Å². The summed E-state index contributed by atoms with van der Waals surface area (Å²) < 4.78 is 43.1. The Hall–Kier alpha value is -3.55. The Labute approximate surface area is 159 Å². The number of nitrogens with one attached hydrogen (secondary N) is 2. The van der Waals surface area contributed by atoms with Gasteiger partial charge in [-0.25, -0.2) is 4.98 Å². The molecule has 1 amide bonds. The van der Waals surface area contributed by atoms with Gasteiger partial charge in [-0.3, -0.25) is 4.79 Å². The van der Waals surface area contributed by atoms with Crippen molar-refractivity contribution in [2.45, 2.75) is 6.18 Å². The predicted molar refractivity (Wildman–Crippen MR) is 99.9 cm³/mol. The zero-order valence-corrected chi connectivity index (χ0v) is 14.7. The predicted octanol–water partition coefficient (Wildman–Crippen LogP) is 5.10. The molecule has 0 bridgehead atoms. The molecule has 2 N–H and O–H groups in total. The number of para-hydroxylation sites is 2. The smallest absolute Gasteiger partial charge is 0.416 e. The molecule has 1 heterocycles. The molecule has 0 radical (unpaired) electrons. The van der Waals surface area contributed by atoms with E-state index in [-0.39, 0.29) is 5.91 Å². The summed E-state index contributed by atoms with van der Waals surface area (Å²) in [5.41, 5.74) is 0.526. The molecule has 0 unspecified atom stereocenters. The van der Waals surface area contributed by atoms with Crippen LogP contribution in [0.2, 0.25) is 0 Å². The lowest BCUT2D eigenvalue weighted by Crippen LogP contribution is -2.13. The number of carbonyl (C=O) groups excluding carboxylic acids is 1. The van der Waals surface area contributed by atoms with Crippen LogP contribution in [0.5, 0.6) is 5.75 Å². The zero-order chi connectivity index (χ0) is 20.1. The van der Waals surface area contributed by atoms with E-state index in [2.05, 4.69) is 15.6 Å². The van der Waals surface area contributed by atoms with Crippen LogP contribution in [0.3, 0.4) is 0 Å². The third-order valence-corrected chi connectivity index (χ3v) is 3.86. The number of rotatable bonds is 5. The van der Waals surface area contributed by atoms with E-state index < -0.39 is 11.7 Å². The number of benzene rings is 2. The highest BCUT2D eigenvalue weighted by molar-refractivity contribution is 6.05. The van der Waals surface area contributed by atoms with E-state index in [1.807, 2.05) is 0 Å². The van der Waals surface area contributed by atoms with Crippen molar-refractivity contribution in [2.24, 2.45) is 0 Å². The van der Waals surface area contributed by atoms with E-state index in [9.17, 15) is 18.0 Å². The van der Waals surface area contributed by atoms with Gasteiger partial charge in [0.15, 0.2) is 0 Å². The largest absolute Gasteiger partial charge is 0.495 e. The lowest BCUT2D eigenvalue weighted by Gasteiger charge is -2.11. The van der Waals surface area contributed by atoms with Crippen LogP contribution < -0.4 is 15.4 Å². The monoisotopic (exact) mass is 387 g/mol. The van der Waals surface area contributed by atoms with Crippen LogP contribution >= 0.6 is 0 Å². The van der Waals surface area contributed by atoms with Crippen molar-refractivity contribution in [1.82, 2.24) is 4.98 Å². The zero-order valence-electron chi connectivity index (χ0n) is 14.7. The van der Waals surface area contributed by atoms with E-state index in [1.165, 1.54) is 37.6 Å². The second-order valence-electron chi connectivity index (χ2n) is 5.78. The van der Waals surface area contributed by atoms with Crippen LogP contribution in [0.1, 0.15) is 15.9 Å². The minimum Gasteiger partial charge on any atom is -0.495 e. The summed E-state index contributed by atoms with van der Waals surface area (Å²) in [4.78, 5) is 16.6. The van der Waals surface area contributed by atoms with E-state index in [0.717, 1.165) is 12.1 Å². The van der Waals surface area contributed by atoms with Crippen LogP contribution in [-0.2, 0) is 6.18 Å². The van der Waals surface area contributed by atoms with Gasteiger partial charge in [0.05, 0.1) is 18.4 Å². The Morgan fingerprint density at radius 1 is 1.04 bits per heavy atom. The van der Waals surface area contributed by atoms with Crippen molar-refractivity contribution in [3.05, 3.63) is 78.0 Å². The van der Waals surface area contributed by atoms with Gasteiger partial charge < -0.3 is 15.4 Å². The van der Waals surface area contributed by atoms with Crippen molar-refractivity contribution in [3.8, 4) is 5.75 Å². The fourth-order valence-corrected chi connectivity index (χ4v) is 2.47. The molecular weight excluding hydrogens is 371 g/mol. The highest BCUT2D eigenvalue weighted by Gasteiger charge is 2.29. The first-order valence-electron chi connectivity index (χ1n) is 8.21. The molecule has 5 nitrogen and oxygen atoms in total. The maximum absolute atomic E-state index is 12.6. The Morgan fingerprint density at radius 2 is 1.75 bits per heavy atom. The Bertz CT molecular complexity index is 973. The molecule has 8 heteroatoms. The number of pyridine rings is 1. The maximum atomic E-state index is 12.6. The fourth-order valence-electron chi connectivity index (χ4n) is 2.47. The van der Waals surface area contributed by atoms with Crippen LogP contribution in [0.25, 0.3) is 0 Å². The average molecular weight is 387 g/mol. The Balaban J connectivity index is 1.74. The number of hydrogen-bond acceptors (Lipinski definition) is 4. The lowest BCUT2D eigenvalue weighted by atomic mass is 10.2. The first-order chi connectivity index (χ1) is 13.4. The summed E-state index contributed by atoms with van der Waals surface area (Å²) in [6.45, 7) is 0.